The Morgan fingerprint density at radius 3 is 2.92 bits per heavy atom. The van der Waals surface area contributed by atoms with Gasteiger partial charge in [0.1, 0.15) is 0 Å². The first-order chi connectivity index (χ1) is 5.93. The minimum Gasteiger partial charge on any atom is -0.245 e. The minimum absolute atomic E-state index is 0.842. The summed E-state index contributed by atoms with van der Waals surface area (Å²) >= 11 is 1.76. The molecule has 2 aliphatic carbocycles. The van der Waals surface area contributed by atoms with Crippen molar-refractivity contribution < 1.29 is 0 Å². The van der Waals surface area contributed by atoms with Gasteiger partial charge in [-0.2, -0.15) is 0 Å². The van der Waals surface area contributed by atoms with Crippen LogP contribution in [-0.4, -0.2) is 4.98 Å². The molecule has 1 aromatic heterocycles. The predicted molar refractivity (Wildman–Crippen MR) is 53.2 cm³/mol. The fraction of sp³-hybridized carbons (Fsp3) is 0.500. The second kappa shape index (κ2) is 3.02. The van der Waals surface area contributed by atoms with Gasteiger partial charge < -0.3 is 0 Å². The standard InChI is InChI=1S/C8H7NS.C2H6/c1-5-2-7-8(3-6(1)5)10-4-9-7;1-2/h2-6H,1H2;1-2H3. The molecule has 1 saturated carbocycles. The molecule has 1 nitrogen and oxygen atoms in total. The van der Waals surface area contributed by atoms with Gasteiger partial charge in [-0.3, -0.25) is 0 Å². The van der Waals surface area contributed by atoms with Crippen molar-refractivity contribution in [2.45, 2.75) is 20.3 Å². The second-order valence-electron chi connectivity index (χ2n) is 3.00. The van der Waals surface area contributed by atoms with Gasteiger partial charge in [-0.1, -0.05) is 26.0 Å². The zero-order valence-corrected chi connectivity index (χ0v) is 8.27. The highest BCUT2D eigenvalue weighted by atomic mass is 32.1. The van der Waals surface area contributed by atoms with Crippen molar-refractivity contribution in [3.05, 3.63) is 15.4 Å². The molecule has 0 N–H and O–H groups in total. The highest BCUT2D eigenvalue weighted by Gasteiger charge is 2.34. The molecule has 1 fully saturated rings. The van der Waals surface area contributed by atoms with E-state index in [1.54, 1.807) is 11.3 Å². The summed E-state index contributed by atoms with van der Waals surface area (Å²) in [7, 11) is 0. The summed E-state index contributed by atoms with van der Waals surface area (Å²) in [4.78, 5) is 4.27. The van der Waals surface area contributed by atoms with E-state index in [1.165, 1.54) is 16.3 Å². The zero-order chi connectivity index (χ0) is 8.55. The van der Waals surface area contributed by atoms with Gasteiger partial charge in [-0.05, 0) is 18.3 Å². The average molecular weight is 179 g/mol. The molecule has 0 spiro atoms. The summed E-state index contributed by atoms with van der Waals surface area (Å²) in [5.41, 5.74) is 1.93. The Labute approximate surface area is 76.5 Å². The summed E-state index contributed by atoms with van der Waals surface area (Å²) in [6.45, 7) is 4.00. The third-order valence-electron chi connectivity index (χ3n) is 2.25. The van der Waals surface area contributed by atoms with Gasteiger partial charge in [0, 0.05) is 0 Å². The molecule has 2 unspecified atom stereocenters. The van der Waals surface area contributed by atoms with Gasteiger partial charge in [0.25, 0.3) is 0 Å². The van der Waals surface area contributed by atoms with E-state index < -0.39 is 0 Å². The number of nitrogens with zero attached hydrogens (tertiary/aromatic N) is 1. The number of rotatable bonds is 0. The summed E-state index contributed by atoms with van der Waals surface area (Å²) in [6.07, 6.45) is 6.05. The van der Waals surface area contributed by atoms with Crippen LogP contribution in [0.2, 0.25) is 0 Å². The van der Waals surface area contributed by atoms with E-state index >= 15 is 0 Å². The molecule has 0 aromatic carbocycles. The van der Waals surface area contributed by atoms with Crippen LogP contribution in [0.15, 0.2) is 5.51 Å². The van der Waals surface area contributed by atoms with Gasteiger partial charge in [0.2, 0.25) is 0 Å². The lowest BCUT2D eigenvalue weighted by atomic mass is 10.2. The molecule has 2 aliphatic rings. The molecular formula is C10H13NS. The zero-order valence-electron chi connectivity index (χ0n) is 7.45. The normalized spacial score (nSPS) is 28.2. The first kappa shape index (κ1) is 7.99. The van der Waals surface area contributed by atoms with Crippen molar-refractivity contribution in [1.82, 2.24) is 4.98 Å². The Morgan fingerprint density at radius 2 is 2.08 bits per heavy atom. The van der Waals surface area contributed by atoms with Gasteiger partial charge in [-0.15, -0.1) is 11.3 Å². The van der Waals surface area contributed by atoms with Crippen molar-refractivity contribution in [3.8, 4) is 0 Å². The van der Waals surface area contributed by atoms with E-state index in [0.717, 1.165) is 11.8 Å². The van der Waals surface area contributed by atoms with Crippen LogP contribution in [0.5, 0.6) is 0 Å². The van der Waals surface area contributed by atoms with Gasteiger partial charge in [0.05, 0.1) is 15.4 Å². The molecule has 3 rings (SSSR count). The van der Waals surface area contributed by atoms with E-state index in [9.17, 15) is 0 Å². The molecule has 12 heavy (non-hydrogen) atoms. The topological polar surface area (TPSA) is 12.9 Å². The second-order valence-corrected chi connectivity index (χ2v) is 3.88. The predicted octanol–water partition coefficient (Wildman–Crippen LogP) is 1.38. The molecule has 0 saturated heterocycles. The monoisotopic (exact) mass is 179 g/mol. The smallest absolute Gasteiger partial charge is 0.0805 e. The summed E-state index contributed by atoms with van der Waals surface area (Å²) in [5, 5.41) is 1.23. The maximum absolute atomic E-state index is 4.27. The van der Waals surface area contributed by atoms with Crippen molar-refractivity contribution in [3.63, 3.8) is 0 Å². The minimum atomic E-state index is 0.842. The van der Waals surface area contributed by atoms with E-state index in [2.05, 4.69) is 17.1 Å². The Balaban J connectivity index is 0.000000264. The van der Waals surface area contributed by atoms with Crippen LogP contribution in [-0.2, 0) is 0 Å². The lowest BCUT2D eigenvalue weighted by Gasteiger charge is -1.88. The first-order valence-electron chi connectivity index (χ1n) is 4.57. The highest BCUT2D eigenvalue weighted by Crippen LogP contribution is 2.41. The van der Waals surface area contributed by atoms with Crippen molar-refractivity contribution >= 4 is 23.5 Å². The van der Waals surface area contributed by atoms with E-state index in [-0.39, 0.29) is 0 Å². The van der Waals surface area contributed by atoms with Crippen LogP contribution in [0.3, 0.4) is 0 Å². The molecule has 1 aromatic rings. The molecule has 0 aliphatic heterocycles. The molecule has 1 heterocycles. The summed E-state index contributed by atoms with van der Waals surface area (Å²) < 4.78 is 1.39. The van der Waals surface area contributed by atoms with Crippen LogP contribution in [0.25, 0.3) is 12.2 Å². The van der Waals surface area contributed by atoms with Crippen LogP contribution in [0, 0.1) is 11.8 Å². The molecule has 64 valence electrons. The number of aromatic nitrogens is 1. The highest BCUT2D eigenvalue weighted by molar-refractivity contribution is 7.07. The van der Waals surface area contributed by atoms with Crippen molar-refractivity contribution in [2.75, 3.05) is 0 Å². The third-order valence-corrected chi connectivity index (χ3v) is 3.06. The van der Waals surface area contributed by atoms with E-state index in [4.69, 9.17) is 0 Å². The molecule has 0 amide bonds. The molecular weight excluding hydrogens is 166 g/mol. The summed E-state index contributed by atoms with van der Waals surface area (Å²) in [5.74, 6) is 1.71. The lowest BCUT2D eigenvalue weighted by molar-refractivity contribution is 1.05. The Bertz CT molecular complexity index is 342. The van der Waals surface area contributed by atoms with Crippen LogP contribution in [0.4, 0.5) is 0 Å². The van der Waals surface area contributed by atoms with Crippen molar-refractivity contribution in [1.29, 1.82) is 0 Å². The first-order valence-corrected chi connectivity index (χ1v) is 5.45. The average Bonchev–Trinajstić information content (AvgIpc) is 2.72. The quantitative estimate of drug-likeness (QED) is 0.586. The number of hydrogen-bond donors (Lipinski definition) is 0. The van der Waals surface area contributed by atoms with Gasteiger partial charge in [0.15, 0.2) is 0 Å². The number of hydrogen-bond acceptors (Lipinski definition) is 2. The lowest BCUT2D eigenvalue weighted by Crippen LogP contribution is -2.23. The maximum atomic E-state index is 4.27. The molecule has 2 atom stereocenters. The largest absolute Gasteiger partial charge is 0.245 e. The van der Waals surface area contributed by atoms with E-state index in [0.29, 0.717) is 0 Å². The fourth-order valence-corrected chi connectivity index (χ4v) is 2.30. The molecule has 2 heteroatoms. The van der Waals surface area contributed by atoms with Gasteiger partial charge in [-0.25, -0.2) is 4.98 Å². The Morgan fingerprint density at radius 1 is 1.33 bits per heavy atom. The van der Waals surface area contributed by atoms with E-state index in [1.807, 2.05) is 19.4 Å². The van der Waals surface area contributed by atoms with Crippen molar-refractivity contribution in [2.24, 2.45) is 11.8 Å². The van der Waals surface area contributed by atoms with Gasteiger partial charge >= 0.3 is 0 Å². The molecule has 0 radical (unpaired) electrons. The number of fused-ring (bicyclic) bond motifs is 2. The van der Waals surface area contributed by atoms with Crippen LogP contribution >= 0.6 is 11.3 Å². The SMILES string of the molecule is C1=c2ncsc2=CC2CC12.CC. The third kappa shape index (κ3) is 1.20. The maximum Gasteiger partial charge on any atom is 0.0805 e. The van der Waals surface area contributed by atoms with Crippen LogP contribution < -0.4 is 9.88 Å². The van der Waals surface area contributed by atoms with Crippen LogP contribution in [0.1, 0.15) is 20.3 Å². The summed E-state index contributed by atoms with van der Waals surface area (Å²) in [6, 6.07) is 0. The number of thiazole rings is 1. The molecule has 0 bridgehead atoms. The Hall–Kier alpha value is -0.630. The fourth-order valence-electron chi connectivity index (χ4n) is 1.53. The Kier molecular flexibility index (Phi) is 2.01.